The van der Waals surface area contributed by atoms with Crippen LogP contribution in [0.2, 0.25) is 0 Å². The molecule has 2 heterocycles. The number of carboxylic acids is 1. The van der Waals surface area contributed by atoms with Gasteiger partial charge in [-0.2, -0.15) is 5.21 Å². The molecule has 156 valence electrons. The lowest BCUT2D eigenvalue weighted by atomic mass is 9.98. The maximum atomic E-state index is 11.6. The molecular weight excluding hydrogens is 394 g/mol. The molecule has 0 saturated carbocycles. The second-order valence-corrected chi connectivity index (χ2v) is 6.95. The van der Waals surface area contributed by atoms with Crippen LogP contribution in [0, 0.1) is 6.92 Å². The highest BCUT2D eigenvalue weighted by atomic mass is 16.4. The quantitative estimate of drug-likeness (QED) is 0.471. The molecule has 0 aliphatic heterocycles. The molecule has 0 unspecified atom stereocenters. The first-order valence-electron chi connectivity index (χ1n) is 9.81. The highest BCUT2D eigenvalue weighted by molar-refractivity contribution is 5.93. The molecule has 0 radical (unpaired) electrons. The number of carboxylic acid groups (broad SMARTS) is 1. The molecule has 0 fully saturated rings. The summed E-state index contributed by atoms with van der Waals surface area (Å²) >= 11 is 0. The molecule has 0 aliphatic rings. The molecular formula is C22H21N7O2. The number of nitrogens with one attached hydrogen (secondary N) is 1. The Bertz CT molecular complexity index is 1190. The third-order valence-corrected chi connectivity index (χ3v) is 4.95. The Morgan fingerprint density at radius 2 is 1.84 bits per heavy atom. The third-order valence-electron chi connectivity index (χ3n) is 4.95. The van der Waals surface area contributed by atoms with Crippen molar-refractivity contribution in [1.82, 2.24) is 30.6 Å². The molecule has 0 aliphatic carbocycles. The molecule has 2 aromatic heterocycles. The van der Waals surface area contributed by atoms with Crippen LogP contribution in [0.1, 0.15) is 28.7 Å². The number of benzene rings is 2. The number of aromatic carboxylic acids is 1. The maximum absolute atomic E-state index is 11.6. The van der Waals surface area contributed by atoms with Gasteiger partial charge in [0.1, 0.15) is 17.2 Å². The minimum absolute atomic E-state index is 0.0955. The lowest BCUT2D eigenvalue weighted by Crippen LogP contribution is -2.26. The zero-order chi connectivity index (χ0) is 21.8. The van der Waals surface area contributed by atoms with Gasteiger partial charge in [-0.25, -0.2) is 14.8 Å². The summed E-state index contributed by atoms with van der Waals surface area (Å²) in [5.41, 5.74) is 4.05. The molecule has 0 bridgehead atoms. The molecule has 31 heavy (non-hydrogen) atoms. The van der Waals surface area contributed by atoms with Crippen LogP contribution in [0.5, 0.6) is 0 Å². The third kappa shape index (κ3) is 4.25. The number of nitrogens with zero attached hydrogens (tertiary/aromatic N) is 6. The van der Waals surface area contributed by atoms with E-state index in [1.807, 2.05) is 60.4 Å². The zero-order valence-electron chi connectivity index (χ0n) is 17.1. The van der Waals surface area contributed by atoms with E-state index in [1.54, 1.807) is 6.92 Å². The molecule has 0 atom stereocenters. The van der Waals surface area contributed by atoms with E-state index in [0.717, 1.165) is 22.3 Å². The zero-order valence-corrected chi connectivity index (χ0v) is 17.1. The van der Waals surface area contributed by atoms with Crippen LogP contribution < -0.4 is 4.90 Å². The molecule has 4 aromatic rings. The molecule has 2 aromatic carbocycles. The van der Waals surface area contributed by atoms with Crippen molar-refractivity contribution in [1.29, 1.82) is 0 Å². The number of aryl methyl sites for hydroxylation is 1. The smallest absolute Gasteiger partial charge is 0.341 e. The lowest BCUT2D eigenvalue weighted by molar-refractivity contribution is 0.0696. The van der Waals surface area contributed by atoms with Crippen LogP contribution in [-0.4, -0.2) is 48.2 Å². The Kier molecular flexibility index (Phi) is 5.65. The first kappa shape index (κ1) is 20.1. The number of hydrogen-bond donors (Lipinski definition) is 2. The van der Waals surface area contributed by atoms with E-state index >= 15 is 0 Å². The van der Waals surface area contributed by atoms with Gasteiger partial charge in [0.15, 0.2) is 0 Å². The SMILES string of the molecule is CCN(Cc1ccc(-c2ccccc2-c2nn[nH]n2)cc1)c1nc(C)ncc1C(=O)O. The summed E-state index contributed by atoms with van der Waals surface area (Å²) in [6.07, 6.45) is 1.36. The number of anilines is 1. The van der Waals surface area contributed by atoms with Gasteiger partial charge in [0.25, 0.3) is 0 Å². The van der Waals surface area contributed by atoms with E-state index in [-0.39, 0.29) is 5.56 Å². The number of aromatic amines is 1. The maximum Gasteiger partial charge on any atom is 0.341 e. The average molecular weight is 415 g/mol. The number of aromatic nitrogens is 6. The molecule has 4 rings (SSSR count). The second kappa shape index (κ2) is 8.70. The Morgan fingerprint density at radius 1 is 1.10 bits per heavy atom. The Morgan fingerprint density at radius 3 is 2.48 bits per heavy atom. The molecule has 2 N–H and O–H groups in total. The summed E-state index contributed by atoms with van der Waals surface area (Å²) in [6.45, 7) is 4.86. The van der Waals surface area contributed by atoms with Crippen molar-refractivity contribution in [2.24, 2.45) is 0 Å². The molecule has 0 amide bonds. The Labute approximate surface area is 178 Å². The van der Waals surface area contributed by atoms with Gasteiger partial charge in [-0.05, 0) is 35.8 Å². The van der Waals surface area contributed by atoms with E-state index < -0.39 is 5.97 Å². The minimum atomic E-state index is -1.04. The van der Waals surface area contributed by atoms with Crippen LogP contribution in [0.15, 0.2) is 54.7 Å². The van der Waals surface area contributed by atoms with E-state index in [2.05, 4.69) is 30.6 Å². The number of hydrogen-bond acceptors (Lipinski definition) is 7. The van der Waals surface area contributed by atoms with Gasteiger partial charge in [0.2, 0.25) is 5.82 Å². The van der Waals surface area contributed by atoms with Gasteiger partial charge in [0.05, 0.1) is 0 Å². The summed E-state index contributed by atoms with van der Waals surface area (Å²) in [6, 6.07) is 16.0. The average Bonchev–Trinajstić information content (AvgIpc) is 3.32. The van der Waals surface area contributed by atoms with Crippen molar-refractivity contribution in [3.8, 4) is 22.5 Å². The van der Waals surface area contributed by atoms with Crippen molar-refractivity contribution in [3.63, 3.8) is 0 Å². The van der Waals surface area contributed by atoms with E-state index in [1.165, 1.54) is 6.20 Å². The normalized spacial score (nSPS) is 10.8. The fourth-order valence-electron chi connectivity index (χ4n) is 3.40. The topological polar surface area (TPSA) is 121 Å². The van der Waals surface area contributed by atoms with Crippen molar-refractivity contribution >= 4 is 11.8 Å². The molecule has 0 saturated heterocycles. The van der Waals surface area contributed by atoms with Crippen LogP contribution in [0.4, 0.5) is 5.82 Å². The molecule has 9 heteroatoms. The monoisotopic (exact) mass is 415 g/mol. The fraction of sp³-hybridized carbons (Fsp3) is 0.182. The first-order chi connectivity index (χ1) is 15.1. The number of carbonyl (C=O) groups is 1. The predicted octanol–water partition coefficient (Wildman–Crippen LogP) is 3.36. The lowest BCUT2D eigenvalue weighted by Gasteiger charge is -2.23. The summed E-state index contributed by atoms with van der Waals surface area (Å²) in [5.74, 6) is 0.458. The van der Waals surface area contributed by atoms with Crippen LogP contribution >= 0.6 is 0 Å². The predicted molar refractivity (Wildman–Crippen MR) is 116 cm³/mol. The van der Waals surface area contributed by atoms with Crippen LogP contribution in [-0.2, 0) is 6.54 Å². The van der Waals surface area contributed by atoms with Gasteiger partial charge in [-0.15, -0.1) is 10.2 Å². The standard InChI is InChI=1S/C22H21N7O2/c1-3-29(21-19(22(30)31)12-23-14(2)24-21)13-15-8-10-16(11-9-15)17-6-4-5-7-18(17)20-25-27-28-26-20/h4-12H,3,13H2,1-2H3,(H,30,31)(H,25,26,27,28). The summed E-state index contributed by atoms with van der Waals surface area (Å²) < 4.78 is 0. The van der Waals surface area contributed by atoms with Gasteiger partial charge in [-0.1, -0.05) is 48.5 Å². The second-order valence-electron chi connectivity index (χ2n) is 6.95. The van der Waals surface area contributed by atoms with E-state index in [9.17, 15) is 9.90 Å². The van der Waals surface area contributed by atoms with Gasteiger partial charge < -0.3 is 10.0 Å². The minimum Gasteiger partial charge on any atom is -0.477 e. The fourth-order valence-corrected chi connectivity index (χ4v) is 3.40. The molecule has 9 nitrogen and oxygen atoms in total. The summed E-state index contributed by atoms with van der Waals surface area (Å²) in [4.78, 5) is 21.9. The summed E-state index contributed by atoms with van der Waals surface area (Å²) in [7, 11) is 0. The highest BCUT2D eigenvalue weighted by Gasteiger charge is 2.18. The van der Waals surface area contributed by atoms with Gasteiger partial charge in [0, 0.05) is 24.8 Å². The van der Waals surface area contributed by atoms with E-state index in [0.29, 0.717) is 30.6 Å². The number of rotatable bonds is 7. The highest BCUT2D eigenvalue weighted by Crippen LogP contribution is 2.30. The summed E-state index contributed by atoms with van der Waals surface area (Å²) in [5, 5.41) is 23.8. The largest absolute Gasteiger partial charge is 0.477 e. The Hall–Kier alpha value is -4.14. The van der Waals surface area contributed by atoms with Crippen molar-refractivity contribution in [2.45, 2.75) is 20.4 Å². The van der Waals surface area contributed by atoms with Crippen LogP contribution in [0.25, 0.3) is 22.5 Å². The van der Waals surface area contributed by atoms with Crippen molar-refractivity contribution in [3.05, 3.63) is 71.7 Å². The molecule has 0 spiro atoms. The Balaban J connectivity index is 1.62. The first-order valence-corrected chi connectivity index (χ1v) is 9.81. The number of H-pyrrole nitrogens is 1. The number of tetrazole rings is 1. The van der Waals surface area contributed by atoms with E-state index in [4.69, 9.17) is 0 Å². The van der Waals surface area contributed by atoms with Gasteiger partial charge in [-0.3, -0.25) is 0 Å². The van der Waals surface area contributed by atoms with Crippen LogP contribution in [0.3, 0.4) is 0 Å². The van der Waals surface area contributed by atoms with Gasteiger partial charge >= 0.3 is 5.97 Å². The van der Waals surface area contributed by atoms with Crippen molar-refractivity contribution < 1.29 is 9.90 Å². The van der Waals surface area contributed by atoms with Crippen molar-refractivity contribution in [2.75, 3.05) is 11.4 Å².